The molecule has 3 aromatic rings. The zero-order chi connectivity index (χ0) is 21.0. The monoisotopic (exact) mass is 394 g/mol. The van der Waals surface area contributed by atoms with Crippen LogP contribution < -0.4 is 10.6 Å². The molecule has 0 atom stereocenters. The maximum absolute atomic E-state index is 12.8. The van der Waals surface area contributed by atoms with E-state index in [4.69, 9.17) is 4.74 Å². The first-order valence-electron chi connectivity index (χ1n) is 9.63. The van der Waals surface area contributed by atoms with Crippen molar-refractivity contribution in [2.24, 2.45) is 0 Å². The Morgan fingerprint density at radius 2 is 1.83 bits per heavy atom. The van der Waals surface area contributed by atoms with Crippen LogP contribution in [0.1, 0.15) is 44.5 Å². The second-order valence-electron chi connectivity index (χ2n) is 7.74. The molecule has 0 aliphatic carbocycles. The number of nitrogens with one attached hydrogen (secondary N) is 2. The number of amides is 2. The highest BCUT2D eigenvalue weighted by Crippen LogP contribution is 2.21. The van der Waals surface area contributed by atoms with Gasteiger partial charge < -0.3 is 9.30 Å². The van der Waals surface area contributed by atoms with E-state index in [1.807, 2.05) is 28.8 Å². The molecule has 1 aromatic heterocycles. The number of nitrogens with zero attached hydrogens (tertiary/aromatic N) is 2. The Bertz CT molecular complexity index is 1030. The summed E-state index contributed by atoms with van der Waals surface area (Å²) >= 11 is 0. The van der Waals surface area contributed by atoms with Crippen LogP contribution in [-0.4, -0.2) is 27.2 Å². The highest BCUT2D eigenvalue weighted by Gasteiger charge is 2.17. The average Bonchev–Trinajstić information content (AvgIpc) is 2.98. The van der Waals surface area contributed by atoms with E-state index >= 15 is 0 Å². The van der Waals surface area contributed by atoms with E-state index < -0.39 is 11.7 Å². The zero-order valence-corrected chi connectivity index (χ0v) is 17.2. The van der Waals surface area contributed by atoms with Gasteiger partial charge in [-0.3, -0.25) is 15.4 Å². The van der Waals surface area contributed by atoms with Crippen LogP contribution in [0.5, 0.6) is 0 Å². The van der Waals surface area contributed by atoms with Crippen LogP contribution in [0.15, 0.2) is 48.5 Å². The Balaban J connectivity index is 1.79. The van der Waals surface area contributed by atoms with Crippen LogP contribution in [0.4, 0.5) is 16.4 Å². The lowest BCUT2D eigenvalue weighted by atomic mass is 10.2. The fraction of sp³-hybridized carbons (Fsp3) is 0.318. The number of aryl methyl sites for hydroxylation is 1. The predicted molar refractivity (Wildman–Crippen MR) is 114 cm³/mol. The molecular weight excluding hydrogens is 368 g/mol. The van der Waals surface area contributed by atoms with Crippen molar-refractivity contribution in [1.29, 1.82) is 0 Å². The van der Waals surface area contributed by atoms with Crippen molar-refractivity contribution < 1.29 is 14.3 Å². The highest BCUT2D eigenvalue weighted by molar-refractivity contribution is 6.05. The maximum atomic E-state index is 12.8. The SMILES string of the molecule is CCCn1c(NC(=O)c2cccc(NC(=O)OC(C)(C)C)c2)nc2ccccc21. The normalized spacial score (nSPS) is 11.3. The Hall–Kier alpha value is -3.35. The molecule has 2 aromatic carbocycles. The van der Waals surface area contributed by atoms with E-state index in [1.165, 1.54) is 0 Å². The Morgan fingerprint density at radius 3 is 2.55 bits per heavy atom. The first kappa shape index (κ1) is 20.4. The Morgan fingerprint density at radius 1 is 1.07 bits per heavy atom. The van der Waals surface area contributed by atoms with Gasteiger partial charge in [-0.25, -0.2) is 9.78 Å². The van der Waals surface area contributed by atoms with Gasteiger partial charge in [-0.1, -0.05) is 25.1 Å². The van der Waals surface area contributed by atoms with E-state index in [0.29, 0.717) is 17.2 Å². The van der Waals surface area contributed by atoms with Gasteiger partial charge in [-0.05, 0) is 57.5 Å². The lowest BCUT2D eigenvalue weighted by Crippen LogP contribution is -2.27. The molecule has 0 aliphatic rings. The van der Waals surface area contributed by atoms with Crippen LogP contribution in [-0.2, 0) is 11.3 Å². The number of para-hydroxylation sites is 2. The number of fused-ring (bicyclic) bond motifs is 1. The summed E-state index contributed by atoms with van der Waals surface area (Å²) in [4.78, 5) is 29.3. The summed E-state index contributed by atoms with van der Waals surface area (Å²) in [5.41, 5.74) is 2.10. The van der Waals surface area contributed by atoms with Gasteiger partial charge in [-0.2, -0.15) is 0 Å². The first-order chi connectivity index (χ1) is 13.8. The molecule has 0 saturated carbocycles. The molecule has 3 rings (SSSR count). The van der Waals surface area contributed by atoms with Crippen LogP contribution in [0.3, 0.4) is 0 Å². The molecule has 1 heterocycles. The van der Waals surface area contributed by atoms with E-state index in [9.17, 15) is 9.59 Å². The number of hydrogen-bond acceptors (Lipinski definition) is 4. The minimum atomic E-state index is -0.600. The summed E-state index contributed by atoms with van der Waals surface area (Å²) in [5, 5.41) is 5.54. The van der Waals surface area contributed by atoms with Crippen molar-refractivity contribution in [3.8, 4) is 0 Å². The largest absolute Gasteiger partial charge is 0.444 e. The number of rotatable bonds is 5. The van der Waals surface area contributed by atoms with Gasteiger partial charge in [-0.15, -0.1) is 0 Å². The lowest BCUT2D eigenvalue weighted by molar-refractivity contribution is 0.0635. The molecule has 2 N–H and O–H groups in total. The van der Waals surface area contributed by atoms with Crippen LogP contribution >= 0.6 is 0 Å². The summed E-state index contributed by atoms with van der Waals surface area (Å²) in [7, 11) is 0. The van der Waals surface area contributed by atoms with Crippen molar-refractivity contribution in [3.63, 3.8) is 0 Å². The van der Waals surface area contributed by atoms with Crippen LogP contribution in [0.25, 0.3) is 11.0 Å². The molecule has 0 unspecified atom stereocenters. The van der Waals surface area contributed by atoms with Gasteiger partial charge in [0.05, 0.1) is 11.0 Å². The molecule has 0 saturated heterocycles. The Labute approximate surface area is 170 Å². The van der Waals surface area contributed by atoms with E-state index in [2.05, 4.69) is 22.5 Å². The van der Waals surface area contributed by atoms with Crippen molar-refractivity contribution in [2.45, 2.75) is 46.3 Å². The van der Waals surface area contributed by atoms with Gasteiger partial charge in [0.2, 0.25) is 5.95 Å². The van der Waals surface area contributed by atoms with Gasteiger partial charge in [0.1, 0.15) is 5.60 Å². The first-order valence-corrected chi connectivity index (χ1v) is 9.63. The van der Waals surface area contributed by atoms with Crippen molar-refractivity contribution in [1.82, 2.24) is 9.55 Å². The molecule has 0 radical (unpaired) electrons. The minimum Gasteiger partial charge on any atom is -0.444 e. The second-order valence-corrected chi connectivity index (χ2v) is 7.74. The molecule has 29 heavy (non-hydrogen) atoms. The summed E-state index contributed by atoms with van der Waals surface area (Å²) in [6, 6.07) is 14.5. The number of benzene rings is 2. The summed E-state index contributed by atoms with van der Waals surface area (Å²) in [5.74, 6) is 0.203. The number of hydrogen-bond donors (Lipinski definition) is 2. The Kier molecular flexibility index (Phi) is 5.87. The second kappa shape index (κ2) is 8.34. The molecule has 2 amide bonds. The highest BCUT2D eigenvalue weighted by atomic mass is 16.6. The molecule has 152 valence electrons. The summed E-state index contributed by atoms with van der Waals surface area (Å²) < 4.78 is 7.25. The van der Waals surface area contributed by atoms with E-state index in [0.717, 1.165) is 24.0 Å². The third kappa shape index (κ3) is 5.13. The van der Waals surface area contributed by atoms with Gasteiger partial charge in [0.25, 0.3) is 5.91 Å². The maximum Gasteiger partial charge on any atom is 0.412 e. The molecule has 0 bridgehead atoms. The molecule has 7 heteroatoms. The number of imidazole rings is 1. The van der Waals surface area contributed by atoms with Crippen LogP contribution in [0.2, 0.25) is 0 Å². The van der Waals surface area contributed by atoms with Crippen molar-refractivity contribution >= 4 is 34.7 Å². The number of carbonyl (C=O) groups excluding carboxylic acids is 2. The minimum absolute atomic E-state index is 0.300. The smallest absolute Gasteiger partial charge is 0.412 e. The third-order valence-electron chi connectivity index (χ3n) is 4.10. The number of carbonyl (C=O) groups is 2. The molecule has 0 aliphatic heterocycles. The zero-order valence-electron chi connectivity index (χ0n) is 17.2. The van der Waals surface area contributed by atoms with Crippen molar-refractivity contribution in [3.05, 3.63) is 54.1 Å². The predicted octanol–water partition coefficient (Wildman–Crippen LogP) is 5.05. The lowest BCUT2D eigenvalue weighted by Gasteiger charge is -2.19. The quantitative estimate of drug-likeness (QED) is 0.634. The average molecular weight is 394 g/mol. The molecule has 0 spiro atoms. The van der Waals surface area contributed by atoms with E-state index in [-0.39, 0.29) is 5.91 Å². The summed E-state index contributed by atoms with van der Waals surface area (Å²) in [6.07, 6.45) is 0.346. The molecule has 7 nitrogen and oxygen atoms in total. The number of anilines is 2. The number of aromatic nitrogens is 2. The van der Waals surface area contributed by atoms with Gasteiger partial charge in [0, 0.05) is 17.8 Å². The summed E-state index contributed by atoms with van der Waals surface area (Å²) in [6.45, 7) is 8.19. The van der Waals surface area contributed by atoms with Gasteiger partial charge in [0.15, 0.2) is 0 Å². The topological polar surface area (TPSA) is 85.2 Å². The standard InChI is InChI=1S/C22H26N4O3/c1-5-13-26-18-12-7-6-11-17(18)24-20(26)25-19(27)15-9-8-10-16(14-15)23-21(28)29-22(2,3)4/h6-12,14H,5,13H2,1-4H3,(H,23,28)(H,24,25,27). The number of ether oxygens (including phenoxy) is 1. The molecule has 0 fully saturated rings. The third-order valence-corrected chi connectivity index (χ3v) is 4.10. The fourth-order valence-corrected chi connectivity index (χ4v) is 2.95. The van der Waals surface area contributed by atoms with Crippen LogP contribution in [0, 0.1) is 0 Å². The fourth-order valence-electron chi connectivity index (χ4n) is 2.95. The van der Waals surface area contributed by atoms with E-state index in [1.54, 1.807) is 45.0 Å². The van der Waals surface area contributed by atoms with Gasteiger partial charge >= 0.3 is 6.09 Å². The van der Waals surface area contributed by atoms with Crippen molar-refractivity contribution in [2.75, 3.05) is 10.6 Å². The molecular formula is C22H26N4O3.